The van der Waals surface area contributed by atoms with Gasteiger partial charge in [-0.05, 0) is 51.7 Å². The number of thiazole rings is 1. The van der Waals surface area contributed by atoms with E-state index in [2.05, 4.69) is 29.4 Å². The lowest BCUT2D eigenvalue weighted by Crippen LogP contribution is -2.63. The highest BCUT2D eigenvalue weighted by Gasteiger charge is 2.49. The van der Waals surface area contributed by atoms with Crippen LogP contribution >= 0.6 is 11.3 Å². The minimum absolute atomic E-state index is 0.144. The topological polar surface area (TPSA) is 28.2 Å². The molecule has 0 aliphatic carbocycles. The summed E-state index contributed by atoms with van der Waals surface area (Å²) >= 11 is 1.84. The normalized spacial score (nSPS) is 35.0. The molecule has 4 rings (SSSR count). The third-order valence-electron chi connectivity index (χ3n) is 4.45. The van der Waals surface area contributed by atoms with E-state index in [1.165, 1.54) is 43.1 Å². The van der Waals surface area contributed by atoms with Gasteiger partial charge in [0.1, 0.15) is 5.01 Å². The number of fused-ring (bicyclic) bond motifs is 3. The van der Waals surface area contributed by atoms with E-state index in [9.17, 15) is 0 Å². The van der Waals surface area contributed by atoms with Crippen LogP contribution in [0.4, 0.5) is 0 Å². The molecule has 1 aromatic rings. The van der Waals surface area contributed by atoms with Gasteiger partial charge in [0.05, 0.1) is 5.54 Å². The van der Waals surface area contributed by atoms with Gasteiger partial charge in [-0.3, -0.25) is 0 Å². The van der Waals surface area contributed by atoms with Crippen molar-refractivity contribution in [2.75, 3.05) is 26.2 Å². The van der Waals surface area contributed by atoms with E-state index >= 15 is 0 Å². The highest BCUT2D eigenvalue weighted by Crippen LogP contribution is 2.43. The second kappa shape index (κ2) is 4.91. The minimum Gasteiger partial charge on any atom is -0.304 e. The molecule has 4 heterocycles. The molecule has 1 aromatic heterocycles. The molecular formula is C14H23N3S. The Kier molecular flexibility index (Phi) is 3.43. The van der Waals surface area contributed by atoms with Crippen molar-refractivity contribution < 1.29 is 0 Å². The number of nitrogens with zero attached hydrogens (tertiary/aromatic N) is 2. The molecule has 2 bridgehead atoms. The Balaban J connectivity index is 1.93. The van der Waals surface area contributed by atoms with Gasteiger partial charge in [-0.15, -0.1) is 11.3 Å². The summed E-state index contributed by atoms with van der Waals surface area (Å²) < 4.78 is 0. The first-order valence-electron chi connectivity index (χ1n) is 7.14. The van der Waals surface area contributed by atoms with E-state index in [1.54, 1.807) is 0 Å². The second-order valence-corrected chi connectivity index (χ2v) is 6.60. The van der Waals surface area contributed by atoms with Crippen molar-refractivity contribution >= 4 is 11.3 Å². The third kappa shape index (κ3) is 2.00. The highest BCUT2D eigenvalue weighted by atomic mass is 32.1. The standard InChI is InChI=1S/C14H23N3S/c1-3-6-15-14(13-16-11(2)9-18-13)10-17-7-4-12(14)5-8-17/h9,12,15H,3-8,10H2,1-2H3. The lowest BCUT2D eigenvalue weighted by molar-refractivity contribution is 0.00315. The molecule has 0 spiro atoms. The van der Waals surface area contributed by atoms with Crippen molar-refractivity contribution in [2.24, 2.45) is 5.92 Å². The van der Waals surface area contributed by atoms with E-state index < -0.39 is 0 Å². The van der Waals surface area contributed by atoms with Crippen LogP contribution in [0.1, 0.15) is 36.9 Å². The van der Waals surface area contributed by atoms with Crippen LogP contribution in [-0.4, -0.2) is 36.1 Å². The van der Waals surface area contributed by atoms with Crippen LogP contribution in [0.5, 0.6) is 0 Å². The molecule has 1 N–H and O–H groups in total. The molecular weight excluding hydrogens is 242 g/mol. The predicted molar refractivity (Wildman–Crippen MR) is 76.0 cm³/mol. The average Bonchev–Trinajstić information content (AvgIpc) is 2.85. The predicted octanol–water partition coefficient (Wildman–Crippen LogP) is 2.37. The Morgan fingerprint density at radius 3 is 2.78 bits per heavy atom. The van der Waals surface area contributed by atoms with Crippen LogP contribution in [0.15, 0.2) is 5.38 Å². The van der Waals surface area contributed by atoms with Gasteiger partial charge in [0, 0.05) is 17.6 Å². The molecule has 1 atom stereocenters. The molecule has 1 unspecified atom stereocenters. The van der Waals surface area contributed by atoms with Crippen LogP contribution in [0.3, 0.4) is 0 Å². The van der Waals surface area contributed by atoms with E-state index in [0.29, 0.717) is 0 Å². The van der Waals surface area contributed by atoms with Gasteiger partial charge < -0.3 is 10.2 Å². The Morgan fingerprint density at radius 2 is 2.28 bits per heavy atom. The van der Waals surface area contributed by atoms with Crippen molar-refractivity contribution in [3.05, 3.63) is 16.1 Å². The number of hydrogen-bond donors (Lipinski definition) is 1. The number of rotatable bonds is 4. The third-order valence-corrected chi connectivity index (χ3v) is 5.59. The largest absolute Gasteiger partial charge is 0.304 e. The quantitative estimate of drug-likeness (QED) is 0.906. The summed E-state index contributed by atoms with van der Waals surface area (Å²) in [5.41, 5.74) is 1.31. The number of aromatic nitrogens is 1. The first kappa shape index (κ1) is 12.6. The van der Waals surface area contributed by atoms with Crippen molar-refractivity contribution in [3.8, 4) is 0 Å². The van der Waals surface area contributed by atoms with Crippen LogP contribution in [-0.2, 0) is 5.54 Å². The lowest BCUT2D eigenvalue weighted by atomic mass is 9.73. The zero-order valence-corrected chi connectivity index (χ0v) is 12.2. The van der Waals surface area contributed by atoms with E-state index in [0.717, 1.165) is 19.0 Å². The SMILES string of the molecule is CCCNC1(c2nc(C)cs2)CN2CCC1CC2. The summed E-state index contributed by atoms with van der Waals surface area (Å²) in [7, 11) is 0. The van der Waals surface area contributed by atoms with Gasteiger partial charge in [-0.1, -0.05) is 6.92 Å². The molecule has 3 aliphatic heterocycles. The van der Waals surface area contributed by atoms with Crippen molar-refractivity contribution in [3.63, 3.8) is 0 Å². The molecule has 18 heavy (non-hydrogen) atoms. The molecule has 0 aromatic carbocycles. The zero-order valence-electron chi connectivity index (χ0n) is 11.4. The van der Waals surface area contributed by atoms with Crippen LogP contribution < -0.4 is 5.32 Å². The minimum atomic E-state index is 0.144. The van der Waals surface area contributed by atoms with E-state index in [-0.39, 0.29) is 5.54 Å². The summed E-state index contributed by atoms with van der Waals surface area (Å²) in [5, 5.41) is 7.37. The lowest BCUT2D eigenvalue weighted by Gasteiger charge is -2.52. The Labute approximate surface area is 114 Å². The number of nitrogens with one attached hydrogen (secondary N) is 1. The maximum absolute atomic E-state index is 4.81. The van der Waals surface area contributed by atoms with Gasteiger partial charge >= 0.3 is 0 Å². The first-order chi connectivity index (χ1) is 8.74. The molecule has 100 valence electrons. The monoisotopic (exact) mass is 265 g/mol. The van der Waals surface area contributed by atoms with Gasteiger partial charge in [-0.25, -0.2) is 4.98 Å². The molecule has 3 saturated heterocycles. The van der Waals surface area contributed by atoms with E-state index in [1.807, 2.05) is 11.3 Å². The highest BCUT2D eigenvalue weighted by molar-refractivity contribution is 7.09. The van der Waals surface area contributed by atoms with E-state index in [4.69, 9.17) is 4.98 Å². The number of piperidine rings is 3. The smallest absolute Gasteiger partial charge is 0.115 e. The van der Waals surface area contributed by atoms with Gasteiger partial charge in [0.15, 0.2) is 0 Å². The van der Waals surface area contributed by atoms with Crippen LogP contribution in [0.2, 0.25) is 0 Å². The van der Waals surface area contributed by atoms with Gasteiger partial charge in [0.25, 0.3) is 0 Å². The van der Waals surface area contributed by atoms with Crippen LogP contribution in [0.25, 0.3) is 0 Å². The summed E-state index contributed by atoms with van der Waals surface area (Å²) in [4.78, 5) is 7.42. The summed E-state index contributed by atoms with van der Waals surface area (Å²) in [6.45, 7) is 9.17. The fourth-order valence-corrected chi connectivity index (χ4v) is 4.54. The fraction of sp³-hybridized carbons (Fsp3) is 0.786. The van der Waals surface area contributed by atoms with Crippen molar-refractivity contribution in [2.45, 2.75) is 38.6 Å². The average molecular weight is 265 g/mol. The zero-order chi connectivity index (χ0) is 12.6. The molecule has 4 heteroatoms. The van der Waals surface area contributed by atoms with Crippen LogP contribution in [0, 0.1) is 12.8 Å². The molecule has 0 amide bonds. The van der Waals surface area contributed by atoms with Crippen molar-refractivity contribution in [1.29, 1.82) is 0 Å². The molecule has 0 radical (unpaired) electrons. The van der Waals surface area contributed by atoms with Gasteiger partial charge in [-0.2, -0.15) is 0 Å². The summed E-state index contributed by atoms with van der Waals surface area (Å²) in [6, 6.07) is 0. The fourth-order valence-electron chi connectivity index (χ4n) is 3.49. The van der Waals surface area contributed by atoms with Gasteiger partial charge in [0.2, 0.25) is 0 Å². The molecule has 0 saturated carbocycles. The van der Waals surface area contributed by atoms with Crippen molar-refractivity contribution in [1.82, 2.24) is 15.2 Å². The number of aryl methyl sites for hydroxylation is 1. The molecule has 3 aliphatic rings. The maximum atomic E-state index is 4.81. The second-order valence-electron chi connectivity index (χ2n) is 5.74. The first-order valence-corrected chi connectivity index (χ1v) is 8.02. The maximum Gasteiger partial charge on any atom is 0.115 e. The summed E-state index contributed by atoms with van der Waals surface area (Å²) in [6.07, 6.45) is 3.85. The number of hydrogen-bond acceptors (Lipinski definition) is 4. The Hall–Kier alpha value is -0.450. The molecule has 3 fully saturated rings. The Morgan fingerprint density at radius 1 is 1.50 bits per heavy atom. The Bertz CT molecular complexity index is 409. The molecule has 3 nitrogen and oxygen atoms in total. The summed E-state index contributed by atoms with van der Waals surface area (Å²) in [5.74, 6) is 0.777.